The number of hydrogen-bond acceptors (Lipinski definition) is 10. The van der Waals surface area contributed by atoms with Crippen molar-refractivity contribution in [1.29, 1.82) is 0 Å². The summed E-state index contributed by atoms with van der Waals surface area (Å²) in [7, 11) is 0. The molecule has 0 aliphatic rings. The predicted molar refractivity (Wildman–Crippen MR) is 102 cm³/mol. The Morgan fingerprint density at radius 1 is 1.14 bits per heavy atom. The van der Waals surface area contributed by atoms with E-state index >= 15 is 0 Å². The van der Waals surface area contributed by atoms with Crippen molar-refractivity contribution in [2.75, 3.05) is 5.32 Å². The maximum atomic E-state index is 11.9. The molecule has 11 heteroatoms. The number of rotatable bonds is 8. The Morgan fingerprint density at radius 3 is 2.79 bits per heavy atom. The van der Waals surface area contributed by atoms with Gasteiger partial charge in [0.2, 0.25) is 17.7 Å². The SMILES string of the molecule is Cc1cc(NC(=O)CCc2nc(CSc3nnc(-c4ccccc4)o3)no2)no1. The molecule has 3 heterocycles. The Kier molecular flexibility index (Phi) is 5.66. The lowest BCUT2D eigenvalue weighted by Gasteiger charge is -1.98. The Labute approximate surface area is 169 Å². The van der Waals surface area contributed by atoms with E-state index in [2.05, 4.69) is 30.8 Å². The van der Waals surface area contributed by atoms with Gasteiger partial charge < -0.3 is 18.8 Å². The summed E-state index contributed by atoms with van der Waals surface area (Å²) >= 11 is 1.31. The second kappa shape index (κ2) is 8.69. The second-order valence-corrected chi connectivity index (χ2v) is 6.93. The van der Waals surface area contributed by atoms with Crippen LogP contribution >= 0.6 is 11.8 Å². The number of anilines is 1. The van der Waals surface area contributed by atoms with E-state index < -0.39 is 0 Å². The number of thioether (sulfide) groups is 1. The highest BCUT2D eigenvalue weighted by Crippen LogP contribution is 2.24. The normalized spacial score (nSPS) is 10.9. The Bertz CT molecular complexity index is 1090. The summed E-state index contributed by atoms with van der Waals surface area (Å²) < 4.78 is 15.7. The zero-order valence-electron chi connectivity index (χ0n) is 15.4. The molecule has 29 heavy (non-hydrogen) atoms. The van der Waals surface area contributed by atoms with Gasteiger partial charge in [0.1, 0.15) is 5.76 Å². The molecule has 10 nitrogen and oxygen atoms in total. The molecule has 1 amide bonds. The summed E-state index contributed by atoms with van der Waals surface area (Å²) in [4.78, 5) is 16.2. The van der Waals surface area contributed by atoms with Crippen molar-refractivity contribution in [2.45, 2.75) is 30.7 Å². The van der Waals surface area contributed by atoms with E-state index in [4.69, 9.17) is 13.5 Å². The standard InChI is InChI=1S/C18H16N6O4S/c1-11-9-13(23-27-11)19-15(25)7-8-16-20-14(24-28-16)10-29-18-22-21-17(26-18)12-5-3-2-4-6-12/h2-6,9H,7-8,10H2,1H3,(H,19,23,25). The molecule has 0 atom stereocenters. The number of aryl methyl sites for hydroxylation is 2. The molecule has 0 bridgehead atoms. The molecule has 4 aromatic rings. The van der Waals surface area contributed by atoms with Crippen LogP contribution in [0.3, 0.4) is 0 Å². The fourth-order valence-corrected chi connectivity index (χ4v) is 3.00. The predicted octanol–water partition coefficient (Wildman–Crippen LogP) is 3.28. The van der Waals surface area contributed by atoms with E-state index in [1.54, 1.807) is 13.0 Å². The molecule has 0 radical (unpaired) electrons. The molecule has 0 saturated heterocycles. The van der Waals surface area contributed by atoms with Crippen LogP contribution in [-0.2, 0) is 17.0 Å². The molecule has 0 aliphatic heterocycles. The average Bonchev–Trinajstić information content (AvgIpc) is 3.47. The number of amides is 1. The highest BCUT2D eigenvalue weighted by molar-refractivity contribution is 7.98. The number of benzene rings is 1. The molecule has 1 aromatic carbocycles. The number of carbonyl (C=O) groups excluding carboxylic acids is 1. The number of nitrogens with one attached hydrogen (secondary N) is 1. The van der Waals surface area contributed by atoms with Gasteiger partial charge in [-0.25, -0.2) is 0 Å². The fraction of sp³-hybridized carbons (Fsp3) is 0.222. The minimum Gasteiger partial charge on any atom is -0.411 e. The van der Waals surface area contributed by atoms with E-state index in [1.807, 2.05) is 30.3 Å². The Hall–Kier alpha value is -3.47. The number of aromatic nitrogens is 5. The molecule has 0 spiro atoms. The van der Waals surface area contributed by atoms with Crippen LogP contribution in [0, 0.1) is 6.92 Å². The quantitative estimate of drug-likeness (QED) is 0.430. The molecular weight excluding hydrogens is 396 g/mol. The maximum absolute atomic E-state index is 11.9. The van der Waals surface area contributed by atoms with Gasteiger partial charge in [-0.2, -0.15) is 4.98 Å². The van der Waals surface area contributed by atoms with Crippen LogP contribution in [0.1, 0.15) is 23.9 Å². The third kappa shape index (κ3) is 5.08. The van der Waals surface area contributed by atoms with Crippen LogP contribution in [-0.4, -0.2) is 31.4 Å². The average molecular weight is 412 g/mol. The fourth-order valence-electron chi connectivity index (χ4n) is 2.39. The third-order valence-corrected chi connectivity index (χ3v) is 4.54. The Balaban J connectivity index is 1.25. The monoisotopic (exact) mass is 412 g/mol. The lowest BCUT2D eigenvalue weighted by atomic mass is 10.2. The Morgan fingerprint density at radius 2 is 2.00 bits per heavy atom. The van der Waals surface area contributed by atoms with Crippen molar-refractivity contribution in [1.82, 2.24) is 25.5 Å². The van der Waals surface area contributed by atoms with Crippen molar-refractivity contribution < 1.29 is 18.3 Å². The van der Waals surface area contributed by atoms with Crippen LogP contribution in [0.2, 0.25) is 0 Å². The molecule has 1 N–H and O–H groups in total. The van der Waals surface area contributed by atoms with Gasteiger partial charge in [-0.05, 0) is 19.1 Å². The lowest BCUT2D eigenvalue weighted by Crippen LogP contribution is -2.12. The molecule has 0 unspecified atom stereocenters. The van der Waals surface area contributed by atoms with Crippen molar-refractivity contribution in [3.8, 4) is 11.5 Å². The highest BCUT2D eigenvalue weighted by Gasteiger charge is 2.13. The van der Waals surface area contributed by atoms with Crippen LogP contribution < -0.4 is 5.32 Å². The number of nitrogens with zero attached hydrogens (tertiary/aromatic N) is 5. The minimum absolute atomic E-state index is 0.185. The van der Waals surface area contributed by atoms with Gasteiger partial charge in [-0.3, -0.25) is 4.79 Å². The first-order valence-electron chi connectivity index (χ1n) is 8.72. The van der Waals surface area contributed by atoms with Crippen molar-refractivity contribution in [2.24, 2.45) is 0 Å². The van der Waals surface area contributed by atoms with Gasteiger partial charge in [-0.15, -0.1) is 10.2 Å². The molecular formula is C18H16N6O4S. The zero-order valence-corrected chi connectivity index (χ0v) is 16.2. The first-order chi connectivity index (χ1) is 14.2. The number of hydrogen-bond donors (Lipinski definition) is 1. The molecule has 3 aromatic heterocycles. The van der Waals surface area contributed by atoms with Gasteiger partial charge in [0.05, 0.1) is 5.75 Å². The summed E-state index contributed by atoms with van der Waals surface area (Å²) in [6.07, 6.45) is 0.504. The molecule has 148 valence electrons. The topological polar surface area (TPSA) is 133 Å². The minimum atomic E-state index is -0.216. The first-order valence-corrected chi connectivity index (χ1v) is 9.70. The molecule has 0 fully saturated rings. The van der Waals surface area contributed by atoms with Crippen molar-refractivity contribution >= 4 is 23.5 Å². The molecule has 4 rings (SSSR count). The van der Waals surface area contributed by atoms with Gasteiger partial charge >= 0.3 is 0 Å². The van der Waals surface area contributed by atoms with Gasteiger partial charge in [0.25, 0.3) is 5.22 Å². The van der Waals surface area contributed by atoms with Crippen molar-refractivity contribution in [3.63, 3.8) is 0 Å². The van der Waals surface area contributed by atoms with E-state index in [-0.39, 0.29) is 12.3 Å². The van der Waals surface area contributed by atoms with E-state index in [1.165, 1.54) is 11.8 Å². The van der Waals surface area contributed by atoms with E-state index in [9.17, 15) is 4.79 Å². The van der Waals surface area contributed by atoms with Gasteiger partial charge in [-0.1, -0.05) is 40.3 Å². The van der Waals surface area contributed by atoms with Crippen molar-refractivity contribution in [3.05, 3.63) is 53.9 Å². The largest absolute Gasteiger partial charge is 0.411 e. The molecule has 0 saturated carbocycles. The first kappa shape index (κ1) is 18.9. The second-order valence-electron chi connectivity index (χ2n) is 6.00. The van der Waals surface area contributed by atoms with Gasteiger partial charge in [0, 0.05) is 24.5 Å². The summed E-state index contributed by atoms with van der Waals surface area (Å²) in [5.74, 6) is 2.51. The zero-order chi connectivity index (χ0) is 20.1. The summed E-state index contributed by atoms with van der Waals surface area (Å²) in [5.41, 5.74) is 0.854. The highest BCUT2D eigenvalue weighted by atomic mass is 32.2. The summed E-state index contributed by atoms with van der Waals surface area (Å²) in [6, 6.07) is 11.2. The van der Waals surface area contributed by atoms with Crippen LogP contribution in [0.4, 0.5) is 5.82 Å². The lowest BCUT2D eigenvalue weighted by molar-refractivity contribution is -0.116. The number of carbonyl (C=O) groups is 1. The van der Waals surface area contributed by atoms with E-state index in [0.29, 0.717) is 46.6 Å². The smallest absolute Gasteiger partial charge is 0.277 e. The molecule has 0 aliphatic carbocycles. The van der Waals surface area contributed by atoms with Gasteiger partial charge in [0.15, 0.2) is 11.6 Å². The third-order valence-electron chi connectivity index (χ3n) is 3.72. The summed E-state index contributed by atoms with van der Waals surface area (Å²) in [6.45, 7) is 1.75. The van der Waals surface area contributed by atoms with Crippen LogP contribution in [0.25, 0.3) is 11.5 Å². The van der Waals surface area contributed by atoms with E-state index in [0.717, 1.165) is 5.56 Å². The maximum Gasteiger partial charge on any atom is 0.277 e. The summed E-state index contributed by atoms with van der Waals surface area (Å²) in [5, 5.41) is 18.7. The van der Waals surface area contributed by atoms with Crippen LogP contribution in [0.5, 0.6) is 0 Å². The van der Waals surface area contributed by atoms with Crippen LogP contribution in [0.15, 0.2) is 55.1 Å².